The Kier molecular flexibility index (Phi) is 5.12. The minimum atomic E-state index is 0.995. The zero-order chi connectivity index (χ0) is 17.8. The smallest absolute Gasteiger partial charge is 0.137 e. The Hall–Kier alpha value is -2.46. The van der Waals surface area contributed by atoms with Crippen molar-refractivity contribution in [1.29, 1.82) is 0 Å². The zero-order valence-corrected chi connectivity index (χ0v) is 15.4. The van der Waals surface area contributed by atoms with Gasteiger partial charge in [-0.3, -0.25) is 4.98 Å². The number of piperazine rings is 1. The maximum Gasteiger partial charge on any atom is 0.137 e. The van der Waals surface area contributed by atoms with Gasteiger partial charge in [0.25, 0.3) is 0 Å². The number of unbranched alkanes of at least 4 members (excludes halogenated alkanes) is 1. The summed E-state index contributed by atoms with van der Waals surface area (Å²) in [4.78, 5) is 12.1. The first-order valence-corrected chi connectivity index (χ1v) is 9.66. The lowest BCUT2D eigenvalue weighted by Crippen LogP contribution is -2.44. The first-order chi connectivity index (χ1) is 12.8. The van der Waals surface area contributed by atoms with E-state index in [-0.39, 0.29) is 0 Å². The van der Waals surface area contributed by atoms with Crippen molar-refractivity contribution in [3.8, 4) is 11.3 Å². The normalized spacial score (nSPS) is 14.7. The van der Waals surface area contributed by atoms with Crippen LogP contribution in [0.3, 0.4) is 0 Å². The lowest BCUT2D eigenvalue weighted by atomic mass is 10.1. The number of hydrogen-bond acceptors (Lipinski definition) is 4. The first-order valence-electron chi connectivity index (χ1n) is 9.66. The molecule has 1 fully saturated rings. The van der Waals surface area contributed by atoms with Crippen LogP contribution in [0.25, 0.3) is 22.0 Å². The Morgan fingerprint density at radius 2 is 1.92 bits per heavy atom. The van der Waals surface area contributed by atoms with Gasteiger partial charge in [-0.1, -0.05) is 37.6 Å². The molecule has 1 saturated heterocycles. The molecule has 0 amide bonds. The van der Waals surface area contributed by atoms with Crippen LogP contribution in [0.2, 0.25) is 0 Å². The number of aromatic nitrogens is 2. The quantitative estimate of drug-likeness (QED) is 0.757. The second-order valence-electron chi connectivity index (χ2n) is 6.93. The second kappa shape index (κ2) is 7.83. The van der Waals surface area contributed by atoms with Crippen LogP contribution < -0.4 is 10.2 Å². The summed E-state index contributed by atoms with van der Waals surface area (Å²) in [6.45, 7) is 6.22. The van der Waals surface area contributed by atoms with Gasteiger partial charge in [0.05, 0.1) is 5.69 Å². The fourth-order valence-electron chi connectivity index (χ4n) is 3.53. The zero-order valence-electron chi connectivity index (χ0n) is 15.4. The Balaban J connectivity index is 1.73. The Morgan fingerprint density at radius 1 is 1.08 bits per heavy atom. The minimum absolute atomic E-state index is 0.995. The highest BCUT2D eigenvalue weighted by Gasteiger charge is 2.16. The van der Waals surface area contributed by atoms with E-state index in [0.717, 1.165) is 49.7 Å². The topological polar surface area (TPSA) is 41.0 Å². The number of benzene rings is 1. The predicted octanol–water partition coefficient (Wildman–Crippen LogP) is 4.05. The molecular weight excluding hydrogens is 320 g/mol. The molecule has 134 valence electrons. The van der Waals surface area contributed by atoms with Crippen LogP contribution in [0.5, 0.6) is 0 Å². The van der Waals surface area contributed by atoms with Crippen LogP contribution in [0.15, 0.2) is 48.7 Å². The van der Waals surface area contributed by atoms with Gasteiger partial charge in [-0.15, -0.1) is 0 Å². The third-order valence-electron chi connectivity index (χ3n) is 5.04. The van der Waals surface area contributed by atoms with Crippen LogP contribution >= 0.6 is 0 Å². The fraction of sp³-hybridized carbons (Fsp3) is 0.364. The van der Waals surface area contributed by atoms with Crippen LogP contribution in [0.4, 0.5) is 5.82 Å². The molecule has 0 unspecified atom stereocenters. The van der Waals surface area contributed by atoms with Crippen molar-refractivity contribution in [3.63, 3.8) is 0 Å². The third-order valence-corrected chi connectivity index (χ3v) is 5.04. The molecule has 1 aromatic carbocycles. The predicted molar refractivity (Wildman–Crippen MR) is 109 cm³/mol. The van der Waals surface area contributed by atoms with E-state index in [4.69, 9.17) is 4.98 Å². The maximum absolute atomic E-state index is 5.04. The Bertz CT molecular complexity index is 867. The number of hydrogen-bond donors (Lipinski definition) is 1. The van der Waals surface area contributed by atoms with E-state index in [9.17, 15) is 0 Å². The Morgan fingerprint density at radius 3 is 2.69 bits per heavy atom. The van der Waals surface area contributed by atoms with Gasteiger partial charge in [-0.05, 0) is 36.4 Å². The number of aryl methyl sites for hydroxylation is 1. The highest BCUT2D eigenvalue weighted by Crippen LogP contribution is 2.30. The first kappa shape index (κ1) is 17.0. The molecule has 4 nitrogen and oxygen atoms in total. The van der Waals surface area contributed by atoms with Gasteiger partial charge >= 0.3 is 0 Å². The molecule has 0 spiro atoms. The minimum Gasteiger partial charge on any atom is -0.354 e. The fourth-order valence-corrected chi connectivity index (χ4v) is 3.53. The summed E-state index contributed by atoms with van der Waals surface area (Å²) in [7, 11) is 0. The van der Waals surface area contributed by atoms with Crippen molar-refractivity contribution in [2.75, 3.05) is 31.1 Å². The Labute approximate surface area is 155 Å². The average molecular weight is 346 g/mol. The lowest BCUT2D eigenvalue weighted by molar-refractivity contribution is 0.586. The molecule has 1 N–H and O–H groups in total. The molecule has 1 aliphatic rings. The third kappa shape index (κ3) is 3.56. The molecule has 0 atom stereocenters. The van der Waals surface area contributed by atoms with Gasteiger partial charge in [0.1, 0.15) is 5.82 Å². The molecule has 26 heavy (non-hydrogen) atoms. The monoisotopic (exact) mass is 346 g/mol. The highest BCUT2D eigenvalue weighted by molar-refractivity contribution is 5.95. The van der Waals surface area contributed by atoms with Gasteiger partial charge in [0.2, 0.25) is 0 Å². The van der Waals surface area contributed by atoms with Crippen LogP contribution in [0.1, 0.15) is 25.5 Å². The maximum atomic E-state index is 5.04. The number of rotatable bonds is 5. The molecule has 1 aliphatic heterocycles. The number of anilines is 1. The van der Waals surface area contributed by atoms with Gasteiger partial charge in [0.15, 0.2) is 0 Å². The van der Waals surface area contributed by atoms with Gasteiger partial charge < -0.3 is 10.2 Å². The van der Waals surface area contributed by atoms with Crippen molar-refractivity contribution in [2.24, 2.45) is 0 Å². The molecule has 0 bridgehead atoms. The molecule has 4 heteroatoms. The van der Waals surface area contributed by atoms with Gasteiger partial charge in [0, 0.05) is 49.0 Å². The van der Waals surface area contributed by atoms with E-state index in [2.05, 4.69) is 64.6 Å². The summed E-state index contributed by atoms with van der Waals surface area (Å²) < 4.78 is 0. The van der Waals surface area contributed by atoms with E-state index in [1.807, 2.05) is 6.20 Å². The van der Waals surface area contributed by atoms with Gasteiger partial charge in [-0.2, -0.15) is 0 Å². The SMILES string of the molecule is CCCCc1ccc(-c2cc3ccccc3c(N3CCNCC3)n2)cn1. The molecule has 2 aromatic heterocycles. The molecule has 0 saturated carbocycles. The lowest BCUT2D eigenvalue weighted by Gasteiger charge is -2.29. The standard InChI is InChI=1S/C22H26N4/c1-2-3-7-19-10-9-18(16-24-19)21-15-17-6-4-5-8-20(17)22(25-21)26-13-11-23-12-14-26/h4-6,8-10,15-16,23H,2-3,7,11-14H2,1H3. The van der Waals surface area contributed by atoms with Crippen LogP contribution in [-0.4, -0.2) is 36.1 Å². The molecule has 3 heterocycles. The number of nitrogens with one attached hydrogen (secondary N) is 1. The summed E-state index contributed by atoms with van der Waals surface area (Å²) in [6, 6.07) is 15.0. The van der Waals surface area contributed by atoms with E-state index in [1.54, 1.807) is 0 Å². The van der Waals surface area contributed by atoms with Crippen LogP contribution in [0, 0.1) is 0 Å². The number of fused-ring (bicyclic) bond motifs is 1. The van der Waals surface area contributed by atoms with E-state index in [1.165, 1.54) is 29.3 Å². The summed E-state index contributed by atoms with van der Waals surface area (Å²) in [5, 5.41) is 5.89. The largest absolute Gasteiger partial charge is 0.354 e. The van der Waals surface area contributed by atoms with Crippen molar-refractivity contribution in [2.45, 2.75) is 26.2 Å². The van der Waals surface area contributed by atoms with Crippen molar-refractivity contribution < 1.29 is 0 Å². The van der Waals surface area contributed by atoms with E-state index >= 15 is 0 Å². The molecule has 4 rings (SSSR count). The molecule has 0 aliphatic carbocycles. The average Bonchev–Trinajstić information content (AvgIpc) is 2.72. The van der Waals surface area contributed by atoms with Crippen molar-refractivity contribution in [3.05, 3.63) is 54.4 Å². The van der Waals surface area contributed by atoms with Crippen molar-refractivity contribution in [1.82, 2.24) is 15.3 Å². The summed E-state index contributed by atoms with van der Waals surface area (Å²) in [6.07, 6.45) is 5.41. The summed E-state index contributed by atoms with van der Waals surface area (Å²) in [5.41, 5.74) is 3.26. The molecule has 3 aromatic rings. The van der Waals surface area contributed by atoms with Crippen molar-refractivity contribution >= 4 is 16.6 Å². The van der Waals surface area contributed by atoms with Crippen LogP contribution in [-0.2, 0) is 6.42 Å². The van der Waals surface area contributed by atoms with E-state index in [0.29, 0.717) is 0 Å². The molecule has 0 radical (unpaired) electrons. The summed E-state index contributed by atoms with van der Waals surface area (Å²) >= 11 is 0. The highest BCUT2D eigenvalue weighted by atomic mass is 15.2. The summed E-state index contributed by atoms with van der Waals surface area (Å²) in [5.74, 6) is 1.09. The second-order valence-corrected chi connectivity index (χ2v) is 6.93. The molecular formula is C22H26N4. The van der Waals surface area contributed by atoms with E-state index < -0.39 is 0 Å². The number of nitrogens with zero attached hydrogens (tertiary/aromatic N) is 3. The number of pyridine rings is 2. The van der Waals surface area contributed by atoms with Gasteiger partial charge in [-0.25, -0.2) is 4.98 Å².